The maximum atomic E-state index is 11.8. The fourth-order valence-electron chi connectivity index (χ4n) is 1.51. The minimum atomic E-state index is -0.599. The molecule has 0 radical (unpaired) electrons. The van der Waals surface area contributed by atoms with Crippen molar-refractivity contribution in [1.29, 1.82) is 0 Å². The molecule has 0 atom stereocenters. The predicted octanol–water partition coefficient (Wildman–Crippen LogP) is 4.26. The summed E-state index contributed by atoms with van der Waals surface area (Å²) in [6, 6.07) is 4.99. The summed E-state index contributed by atoms with van der Waals surface area (Å²) in [7, 11) is 0. The molecule has 6 heteroatoms. The van der Waals surface area contributed by atoms with Crippen LogP contribution in [0.2, 0.25) is 5.02 Å². The Morgan fingerprint density at radius 1 is 1.32 bits per heavy atom. The predicted molar refractivity (Wildman–Crippen MR) is 87.0 cm³/mol. The molecule has 0 aliphatic heterocycles. The third-order valence-electron chi connectivity index (χ3n) is 2.32. The fourth-order valence-corrected chi connectivity index (χ4v) is 1.68. The molecule has 0 aliphatic rings. The molecule has 1 amide bonds. The number of rotatable bonds is 4. The van der Waals surface area contributed by atoms with E-state index in [1.165, 1.54) is 6.08 Å². The summed E-state index contributed by atoms with van der Waals surface area (Å²) in [4.78, 5) is 23.0. The van der Waals surface area contributed by atoms with Crippen molar-refractivity contribution in [2.24, 2.45) is 0 Å². The van der Waals surface area contributed by atoms with Gasteiger partial charge in [-0.2, -0.15) is 0 Å². The van der Waals surface area contributed by atoms with Gasteiger partial charge in [0.15, 0.2) is 0 Å². The van der Waals surface area contributed by atoms with E-state index < -0.39 is 17.7 Å². The quantitative estimate of drug-likeness (QED) is 0.663. The smallest absolute Gasteiger partial charge is 0.412 e. The van der Waals surface area contributed by atoms with Crippen molar-refractivity contribution in [3.8, 4) is 0 Å². The van der Waals surface area contributed by atoms with Crippen LogP contribution in [0.15, 0.2) is 24.3 Å². The highest BCUT2D eigenvalue weighted by molar-refractivity contribution is 6.33. The lowest BCUT2D eigenvalue weighted by atomic mass is 10.2. The topological polar surface area (TPSA) is 64.6 Å². The molecule has 22 heavy (non-hydrogen) atoms. The summed E-state index contributed by atoms with van der Waals surface area (Å²) in [5, 5.41) is 2.95. The van der Waals surface area contributed by atoms with E-state index in [1.807, 2.05) is 0 Å². The summed E-state index contributed by atoms with van der Waals surface area (Å²) >= 11 is 6.04. The average Bonchev–Trinajstić information content (AvgIpc) is 2.38. The van der Waals surface area contributed by atoms with E-state index in [2.05, 4.69) is 5.32 Å². The molecule has 5 nitrogen and oxygen atoms in total. The molecule has 0 aliphatic carbocycles. The minimum absolute atomic E-state index is 0.315. The zero-order chi connectivity index (χ0) is 16.8. The van der Waals surface area contributed by atoms with Crippen molar-refractivity contribution in [3.63, 3.8) is 0 Å². The maximum Gasteiger partial charge on any atom is 0.412 e. The molecule has 0 spiro atoms. The molecule has 0 unspecified atom stereocenters. The monoisotopic (exact) mass is 325 g/mol. The number of halogens is 1. The molecular weight excluding hydrogens is 306 g/mol. The van der Waals surface area contributed by atoms with Crippen molar-refractivity contribution in [3.05, 3.63) is 34.9 Å². The lowest BCUT2D eigenvalue weighted by Crippen LogP contribution is -2.27. The van der Waals surface area contributed by atoms with Gasteiger partial charge < -0.3 is 9.47 Å². The number of anilines is 1. The molecule has 0 saturated carbocycles. The first-order valence-electron chi connectivity index (χ1n) is 6.85. The molecule has 120 valence electrons. The molecule has 1 aromatic carbocycles. The van der Waals surface area contributed by atoms with E-state index in [1.54, 1.807) is 52.0 Å². The average molecular weight is 326 g/mol. The van der Waals surface area contributed by atoms with Crippen molar-refractivity contribution < 1.29 is 19.1 Å². The fraction of sp³-hybridized carbons (Fsp3) is 0.375. The first-order valence-corrected chi connectivity index (χ1v) is 7.23. The van der Waals surface area contributed by atoms with Crippen LogP contribution < -0.4 is 5.32 Å². The Balaban J connectivity index is 2.82. The maximum absolute atomic E-state index is 11.8. The first kappa shape index (κ1) is 18.0. The second-order valence-corrected chi connectivity index (χ2v) is 5.86. The van der Waals surface area contributed by atoms with Crippen LogP contribution >= 0.6 is 11.6 Å². The third kappa shape index (κ3) is 6.63. The number of nitrogens with one attached hydrogen (secondary N) is 1. The summed E-state index contributed by atoms with van der Waals surface area (Å²) in [6.07, 6.45) is 2.29. The van der Waals surface area contributed by atoms with Gasteiger partial charge in [0.25, 0.3) is 0 Å². The van der Waals surface area contributed by atoms with Crippen LogP contribution in [0.3, 0.4) is 0 Å². The van der Waals surface area contributed by atoms with Gasteiger partial charge in [0.1, 0.15) is 5.60 Å². The summed E-state index contributed by atoms with van der Waals surface area (Å²) in [6.45, 7) is 7.36. The van der Waals surface area contributed by atoms with Crippen LogP contribution in [0, 0.1) is 0 Å². The molecule has 0 aromatic heterocycles. The van der Waals surface area contributed by atoms with Gasteiger partial charge in [-0.1, -0.05) is 17.7 Å². The SMILES string of the molecule is CCOC(=O)C=Cc1ccc(Cl)c(NC(=O)OC(C)(C)C)c1. The van der Waals surface area contributed by atoms with Crippen molar-refractivity contribution in [2.75, 3.05) is 11.9 Å². The van der Waals surface area contributed by atoms with Gasteiger partial charge in [-0.3, -0.25) is 5.32 Å². The van der Waals surface area contributed by atoms with Crippen LogP contribution in [0.1, 0.15) is 33.3 Å². The molecular formula is C16H20ClNO4. The van der Waals surface area contributed by atoms with Crippen LogP contribution in [-0.4, -0.2) is 24.3 Å². The second-order valence-electron chi connectivity index (χ2n) is 5.45. The van der Waals surface area contributed by atoms with Crippen LogP contribution in [0.25, 0.3) is 6.08 Å². The second kappa shape index (κ2) is 7.84. The molecule has 0 fully saturated rings. The Bertz CT molecular complexity index is 576. The van der Waals surface area contributed by atoms with Crippen molar-refractivity contribution in [2.45, 2.75) is 33.3 Å². The Morgan fingerprint density at radius 3 is 2.59 bits per heavy atom. The van der Waals surface area contributed by atoms with Gasteiger partial charge in [-0.05, 0) is 51.5 Å². The Kier molecular flexibility index (Phi) is 6.43. The minimum Gasteiger partial charge on any atom is -0.463 e. The van der Waals surface area contributed by atoms with E-state index in [-0.39, 0.29) is 0 Å². The number of hydrogen-bond acceptors (Lipinski definition) is 4. The molecule has 0 heterocycles. The van der Waals surface area contributed by atoms with Crippen LogP contribution in [0.5, 0.6) is 0 Å². The van der Waals surface area contributed by atoms with E-state index in [0.717, 1.165) is 0 Å². The molecule has 1 rings (SSSR count). The summed E-state index contributed by atoms with van der Waals surface area (Å²) in [5.41, 5.74) is 0.503. The summed E-state index contributed by atoms with van der Waals surface area (Å²) in [5.74, 6) is -0.431. The normalized spacial score (nSPS) is 11.3. The number of amides is 1. The number of benzene rings is 1. The molecule has 0 bridgehead atoms. The Labute approximate surface area is 135 Å². The standard InChI is InChI=1S/C16H20ClNO4/c1-5-21-14(19)9-7-11-6-8-12(17)13(10-11)18-15(20)22-16(2,3)4/h6-10H,5H2,1-4H3,(H,18,20). The highest BCUT2D eigenvalue weighted by Crippen LogP contribution is 2.24. The van der Waals surface area contributed by atoms with E-state index in [9.17, 15) is 9.59 Å². The van der Waals surface area contributed by atoms with Crippen LogP contribution in [-0.2, 0) is 14.3 Å². The summed E-state index contributed by atoms with van der Waals surface area (Å²) < 4.78 is 9.96. The zero-order valence-electron chi connectivity index (χ0n) is 13.1. The number of esters is 1. The van der Waals surface area contributed by atoms with Crippen molar-refractivity contribution in [1.82, 2.24) is 0 Å². The van der Waals surface area contributed by atoms with E-state index in [4.69, 9.17) is 21.1 Å². The number of carbonyl (C=O) groups excluding carboxylic acids is 2. The number of carbonyl (C=O) groups is 2. The largest absolute Gasteiger partial charge is 0.463 e. The van der Waals surface area contributed by atoms with Gasteiger partial charge >= 0.3 is 12.1 Å². The van der Waals surface area contributed by atoms with Gasteiger partial charge in [0, 0.05) is 6.08 Å². The van der Waals surface area contributed by atoms with Gasteiger partial charge in [0.2, 0.25) is 0 Å². The van der Waals surface area contributed by atoms with Gasteiger partial charge in [-0.15, -0.1) is 0 Å². The molecule has 1 N–H and O–H groups in total. The Hall–Kier alpha value is -2.01. The van der Waals surface area contributed by atoms with Crippen molar-refractivity contribution >= 4 is 35.4 Å². The third-order valence-corrected chi connectivity index (χ3v) is 2.65. The first-order chi connectivity index (χ1) is 10.2. The lowest BCUT2D eigenvalue weighted by molar-refractivity contribution is -0.137. The highest BCUT2D eigenvalue weighted by atomic mass is 35.5. The number of hydrogen-bond donors (Lipinski definition) is 1. The Morgan fingerprint density at radius 2 is 2.00 bits per heavy atom. The zero-order valence-corrected chi connectivity index (χ0v) is 13.9. The lowest BCUT2D eigenvalue weighted by Gasteiger charge is -2.20. The van der Waals surface area contributed by atoms with E-state index in [0.29, 0.717) is 22.9 Å². The van der Waals surface area contributed by atoms with Crippen LogP contribution in [0.4, 0.5) is 10.5 Å². The van der Waals surface area contributed by atoms with Gasteiger partial charge in [-0.25, -0.2) is 9.59 Å². The van der Waals surface area contributed by atoms with Gasteiger partial charge in [0.05, 0.1) is 17.3 Å². The number of ether oxygens (including phenoxy) is 2. The molecule has 0 saturated heterocycles. The molecule has 1 aromatic rings. The van der Waals surface area contributed by atoms with E-state index >= 15 is 0 Å². The highest BCUT2D eigenvalue weighted by Gasteiger charge is 2.17.